The van der Waals surface area contributed by atoms with Gasteiger partial charge in [0.15, 0.2) is 0 Å². The minimum absolute atomic E-state index is 0. The third kappa shape index (κ3) is 6.82. The topological polar surface area (TPSA) is 32.8 Å². The van der Waals surface area contributed by atoms with Crippen LogP contribution in [-0.4, -0.2) is 48.1 Å². The van der Waals surface area contributed by atoms with Crippen LogP contribution in [0.4, 0.5) is 0 Å². The quantitative estimate of drug-likeness (QED) is 0.678. The predicted octanol–water partition coefficient (Wildman–Crippen LogP) is 3.78. The van der Waals surface area contributed by atoms with Gasteiger partial charge in [-0.25, -0.2) is 0 Å². The number of hydrogen-bond acceptors (Lipinski definition) is 4. The maximum atomic E-state index is 12.5. The van der Waals surface area contributed by atoms with Crippen molar-refractivity contribution in [3.63, 3.8) is 0 Å². The molecule has 0 spiro atoms. The van der Waals surface area contributed by atoms with Crippen molar-refractivity contribution in [2.75, 3.05) is 26.2 Å². The van der Waals surface area contributed by atoms with E-state index in [9.17, 15) is 4.79 Å². The van der Waals surface area contributed by atoms with E-state index in [0.29, 0.717) is 13.2 Å². The van der Waals surface area contributed by atoms with E-state index < -0.39 is 0 Å². The smallest absolute Gasteiger partial charge is 0.324 e. The number of piperazine rings is 1. The van der Waals surface area contributed by atoms with Gasteiger partial charge in [-0.15, -0.1) is 24.8 Å². The molecule has 0 aliphatic carbocycles. The first-order valence-electron chi connectivity index (χ1n) is 8.97. The molecule has 2 aromatic carbocycles. The first kappa shape index (κ1) is 23.4. The Hall–Kier alpha value is -1.59. The number of nitrogens with zero attached hydrogens (tertiary/aromatic N) is 2. The number of ether oxygens (including phenoxy) is 1. The highest BCUT2D eigenvalue weighted by atomic mass is 35.5. The third-order valence-electron chi connectivity index (χ3n) is 4.61. The average molecular weight is 411 g/mol. The van der Waals surface area contributed by atoms with Crippen LogP contribution in [0.25, 0.3) is 0 Å². The molecule has 0 bridgehead atoms. The van der Waals surface area contributed by atoms with Crippen LogP contribution in [-0.2, 0) is 22.6 Å². The number of halogens is 2. The van der Waals surface area contributed by atoms with Crippen molar-refractivity contribution in [3.8, 4) is 0 Å². The minimum atomic E-state index is -0.211. The van der Waals surface area contributed by atoms with Crippen molar-refractivity contribution >= 4 is 30.8 Å². The summed E-state index contributed by atoms with van der Waals surface area (Å²) in [6.07, 6.45) is 0. The van der Waals surface area contributed by atoms with Gasteiger partial charge in [0.25, 0.3) is 0 Å². The van der Waals surface area contributed by atoms with Gasteiger partial charge in [0.1, 0.15) is 6.04 Å². The molecule has 1 aliphatic rings. The second kappa shape index (κ2) is 12.0. The van der Waals surface area contributed by atoms with Crippen LogP contribution < -0.4 is 0 Å². The molecule has 0 aromatic heterocycles. The van der Waals surface area contributed by atoms with Crippen LogP contribution in [0.3, 0.4) is 0 Å². The Balaban J connectivity index is 0.00000182. The van der Waals surface area contributed by atoms with Crippen LogP contribution in [0.1, 0.15) is 18.1 Å². The number of carbonyl (C=O) groups excluding carboxylic acids is 1. The number of benzene rings is 2. The molecule has 148 valence electrons. The fourth-order valence-corrected chi connectivity index (χ4v) is 3.33. The van der Waals surface area contributed by atoms with Crippen molar-refractivity contribution in [3.05, 3.63) is 71.8 Å². The van der Waals surface area contributed by atoms with E-state index in [0.717, 1.165) is 26.2 Å². The Morgan fingerprint density at radius 1 is 0.926 bits per heavy atom. The fourth-order valence-electron chi connectivity index (χ4n) is 3.33. The Kier molecular flexibility index (Phi) is 10.4. The zero-order valence-electron chi connectivity index (χ0n) is 15.6. The highest BCUT2D eigenvalue weighted by molar-refractivity contribution is 5.85. The minimum Gasteiger partial charge on any atom is -0.465 e. The third-order valence-corrected chi connectivity index (χ3v) is 4.61. The summed E-state index contributed by atoms with van der Waals surface area (Å²) in [6.45, 7) is 6.47. The van der Waals surface area contributed by atoms with Crippen LogP contribution in [0, 0.1) is 0 Å². The Bertz CT molecular complexity index is 670. The van der Waals surface area contributed by atoms with Gasteiger partial charge in [-0.2, -0.15) is 0 Å². The first-order valence-corrected chi connectivity index (χ1v) is 8.97. The molecular weight excluding hydrogens is 383 g/mol. The molecule has 0 saturated carbocycles. The summed E-state index contributed by atoms with van der Waals surface area (Å²) in [5.74, 6) is -0.115. The Morgan fingerprint density at radius 2 is 1.48 bits per heavy atom. The zero-order valence-corrected chi connectivity index (χ0v) is 17.3. The normalized spacial score (nSPS) is 17.4. The number of rotatable bonds is 6. The first-order chi connectivity index (χ1) is 12.3. The van der Waals surface area contributed by atoms with E-state index in [1.165, 1.54) is 11.1 Å². The molecule has 6 heteroatoms. The van der Waals surface area contributed by atoms with E-state index >= 15 is 0 Å². The molecule has 1 aliphatic heterocycles. The number of hydrogen-bond donors (Lipinski definition) is 0. The number of carbonyl (C=O) groups is 1. The summed E-state index contributed by atoms with van der Waals surface area (Å²) in [4.78, 5) is 17.1. The maximum Gasteiger partial charge on any atom is 0.324 e. The van der Waals surface area contributed by atoms with Crippen molar-refractivity contribution in [2.45, 2.75) is 26.1 Å². The lowest BCUT2D eigenvalue weighted by Gasteiger charge is -2.40. The van der Waals surface area contributed by atoms with Crippen LogP contribution in [0.5, 0.6) is 0 Å². The van der Waals surface area contributed by atoms with E-state index in [4.69, 9.17) is 4.74 Å². The van der Waals surface area contributed by atoms with Crippen molar-refractivity contribution in [2.24, 2.45) is 0 Å². The SMILES string of the molecule is CCOC(=O)C1CN(Cc2ccccc2)CCN1Cc1ccccc1.Cl.Cl. The van der Waals surface area contributed by atoms with Gasteiger partial charge in [0, 0.05) is 32.7 Å². The molecule has 0 amide bonds. The highest BCUT2D eigenvalue weighted by Gasteiger charge is 2.33. The van der Waals surface area contributed by atoms with Gasteiger partial charge in [-0.3, -0.25) is 14.6 Å². The Morgan fingerprint density at radius 3 is 2.04 bits per heavy atom. The molecule has 0 radical (unpaired) electrons. The molecule has 2 aromatic rings. The average Bonchev–Trinajstić information content (AvgIpc) is 2.65. The molecule has 0 N–H and O–H groups in total. The summed E-state index contributed by atoms with van der Waals surface area (Å²) < 4.78 is 5.34. The van der Waals surface area contributed by atoms with E-state index in [1.54, 1.807) is 0 Å². The molecule has 1 heterocycles. The van der Waals surface area contributed by atoms with Gasteiger partial charge in [-0.05, 0) is 18.1 Å². The molecule has 1 unspecified atom stereocenters. The van der Waals surface area contributed by atoms with E-state index in [2.05, 4.69) is 46.2 Å². The second-order valence-electron chi connectivity index (χ2n) is 6.44. The summed E-state index contributed by atoms with van der Waals surface area (Å²) in [7, 11) is 0. The standard InChI is InChI=1S/C21H26N2O2.2ClH/c1-2-25-21(24)20-17-22(15-18-9-5-3-6-10-18)13-14-23(20)16-19-11-7-4-8-12-19;;/h3-12,20H,2,13-17H2,1H3;2*1H. The van der Waals surface area contributed by atoms with Crippen LogP contribution in [0.15, 0.2) is 60.7 Å². The van der Waals surface area contributed by atoms with Crippen molar-refractivity contribution < 1.29 is 9.53 Å². The molecule has 1 saturated heterocycles. The van der Waals surface area contributed by atoms with Crippen molar-refractivity contribution in [1.29, 1.82) is 0 Å². The lowest BCUT2D eigenvalue weighted by Crippen LogP contribution is -2.56. The van der Waals surface area contributed by atoms with Crippen LogP contribution >= 0.6 is 24.8 Å². The van der Waals surface area contributed by atoms with Gasteiger partial charge >= 0.3 is 5.97 Å². The van der Waals surface area contributed by atoms with Gasteiger partial charge in [-0.1, -0.05) is 60.7 Å². The van der Waals surface area contributed by atoms with Gasteiger partial charge < -0.3 is 4.74 Å². The summed E-state index contributed by atoms with van der Waals surface area (Å²) in [5.41, 5.74) is 2.51. The summed E-state index contributed by atoms with van der Waals surface area (Å²) in [5, 5.41) is 0. The second-order valence-corrected chi connectivity index (χ2v) is 6.44. The largest absolute Gasteiger partial charge is 0.465 e. The zero-order chi connectivity index (χ0) is 17.5. The van der Waals surface area contributed by atoms with Crippen molar-refractivity contribution in [1.82, 2.24) is 9.80 Å². The predicted molar refractivity (Wildman–Crippen MR) is 113 cm³/mol. The molecule has 27 heavy (non-hydrogen) atoms. The Labute approximate surface area is 174 Å². The molecule has 4 nitrogen and oxygen atoms in total. The lowest BCUT2D eigenvalue weighted by atomic mass is 10.1. The van der Waals surface area contributed by atoms with Gasteiger partial charge in [0.05, 0.1) is 6.61 Å². The molecule has 1 atom stereocenters. The fraction of sp³-hybridized carbons (Fsp3) is 0.381. The number of esters is 1. The summed E-state index contributed by atoms with van der Waals surface area (Å²) >= 11 is 0. The summed E-state index contributed by atoms with van der Waals surface area (Å²) in [6, 6.07) is 20.5. The maximum absolute atomic E-state index is 12.5. The lowest BCUT2D eigenvalue weighted by molar-refractivity contribution is -0.152. The van der Waals surface area contributed by atoms with E-state index in [-0.39, 0.29) is 36.8 Å². The van der Waals surface area contributed by atoms with E-state index in [1.807, 2.05) is 31.2 Å². The van der Waals surface area contributed by atoms with Crippen LogP contribution in [0.2, 0.25) is 0 Å². The molecular formula is C21H28Cl2N2O2. The van der Waals surface area contributed by atoms with Gasteiger partial charge in [0.2, 0.25) is 0 Å². The molecule has 3 rings (SSSR count). The monoisotopic (exact) mass is 410 g/mol. The highest BCUT2D eigenvalue weighted by Crippen LogP contribution is 2.17. The molecule has 1 fully saturated rings.